The fourth-order valence-electron chi connectivity index (χ4n) is 8.00. The maximum atomic E-state index is 17.0. The summed E-state index contributed by atoms with van der Waals surface area (Å²) in [6.45, 7) is 6.34. The van der Waals surface area contributed by atoms with E-state index in [0.29, 0.717) is 59.4 Å². The van der Waals surface area contributed by atoms with Crippen molar-refractivity contribution in [3.05, 3.63) is 47.9 Å². The first-order chi connectivity index (χ1) is 21.7. The second-order valence-electron chi connectivity index (χ2n) is 13.0. The van der Waals surface area contributed by atoms with E-state index in [1.165, 1.54) is 18.2 Å². The number of aryl methyl sites for hydroxylation is 1. The number of nitrogens with zero attached hydrogens (tertiary/aromatic N) is 5. The van der Waals surface area contributed by atoms with Crippen molar-refractivity contribution < 1.29 is 48.8 Å². The van der Waals surface area contributed by atoms with Crippen LogP contribution < -0.4 is 14.4 Å². The third-order valence-corrected chi connectivity index (χ3v) is 10.1. The molecular formula is C34H35F3MoN5O3-. The summed E-state index contributed by atoms with van der Waals surface area (Å²) in [6.07, 6.45) is 4.70. The van der Waals surface area contributed by atoms with Gasteiger partial charge in [-0.3, -0.25) is 4.90 Å². The van der Waals surface area contributed by atoms with Crippen LogP contribution in [0.15, 0.2) is 24.3 Å². The van der Waals surface area contributed by atoms with Crippen LogP contribution in [0.1, 0.15) is 45.1 Å². The Labute approximate surface area is 279 Å². The Morgan fingerprint density at radius 3 is 2.83 bits per heavy atom. The molecule has 0 amide bonds. The van der Waals surface area contributed by atoms with Crippen LogP contribution in [0, 0.1) is 24.0 Å². The number of hydrogen-bond acceptors (Lipinski definition) is 8. The maximum Gasteiger partial charge on any atom is 0.319 e. The molecule has 0 spiro atoms. The van der Waals surface area contributed by atoms with Gasteiger partial charge in [0, 0.05) is 46.1 Å². The van der Waals surface area contributed by atoms with E-state index in [1.54, 1.807) is 6.07 Å². The third kappa shape index (κ3) is 5.00. The third-order valence-electron chi connectivity index (χ3n) is 10.1. The molecule has 4 aliphatic rings. The fourth-order valence-corrected chi connectivity index (χ4v) is 8.00. The molecule has 0 aliphatic carbocycles. The summed E-state index contributed by atoms with van der Waals surface area (Å²) >= 11 is 0. The number of halogens is 3. The van der Waals surface area contributed by atoms with E-state index >= 15 is 8.78 Å². The molecule has 6 heterocycles. The van der Waals surface area contributed by atoms with Gasteiger partial charge in [-0.2, -0.15) is 15.9 Å². The number of fused-ring (bicyclic) bond motifs is 4. The molecule has 4 atom stereocenters. The SMILES string of the molecule is CCc1c(F)ccc2cc(O)cc(-c3nc4c5c(nc(OC[C@@]67CCCN6C[C@H](F)C7)nc5c3F)N3CCC(C)[CH-][C@H]3CO4)c12.[Mo]. The molecular weight excluding hydrogens is 679 g/mol. The first kappa shape index (κ1) is 31.4. The van der Waals surface area contributed by atoms with Crippen molar-refractivity contribution in [2.45, 2.75) is 63.7 Å². The van der Waals surface area contributed by atoms with E-state index in [-0.39, 0.29) is 74.7 Å². The average molecular weight is 715 g/mol. The Balaban J connectivity index is 0.00000338. The van der Waals surface area contributed by atoms with Crippen molar-refractivity contribution in [2.75, 3.05) is 37.7 Å². The number of phenols is 1. The van der Waals surface area contributed by atoms with Crippen molar-refractivity contribution in [1.82, 2.24) is 19.9 Å². The van der Waals surface area contributed by atoms with Gasteiger partial charge in [-0.15, -0.1) is 0 Å². The van der Waals surface area contributed by atoms with Gasteiger partial charge < -0.3 is 25.9 Å². The number of pyridine rings is 1. The van der Waals surface area contributed by atoms with Gasteiger partial charge in [0.2, 0.25) is 5.88 Å². The Kier molecular flexibility index (Phi) is 8.07. The van der Waals surface area contributed by atoms with Gasteiger partial charge in [0.05, 0.1) is 12.1 Å². The summed E-state index contributed by atoms with van der Waals surface area (Å²) < 4.78 is 59.0. The molecule has 12 heteroatoms. The second-order valence-corrected chi connectivity index (χ2v) is 13.0. The number of phenolic OH excluding ortho intramolecular Hbond substituents is 1. The van der Waals surface area contributed by atoms with Crippen molar-refractivity contribution in [2.24, 2.45) is 5.92 Å². The minimum atomic E-state index is -0.913. The molecule has 8 nitrogen and oxygen atoms in total. The van der Waals surface area contributed by atoms with Gasteiger partial charge in [-0.1, -0.05) is 32.4 Å². The van der Waals surface area contributed by atoms with Crippen molar-refractivity contribution in [3.8, 4) is 28.9 Å². The smallest absolute Gasteiger partial charge is 0.319 e. The molecule has 1 unspecified atom stereocenters. The molecule has 242 valence electrons. The van der Waals surface area contributed by atoms with Crippen LogP contribution in [0.5, 0.6) is 17.6 Å². The normalized spacial score (nSPS) is 25.6. The molecule has 3 saturated heterocycles. The number of anilines is 1. The summed E-state index contributed by atoms with van der Waals surface area (Å²) in [5, 5.41) is 12.0. The maximum absolute atomic E-state index is 17.0. The summed E-state index contributed by atoms with van der Waals surface area (Å²) in [7, 11) is 0. The molecule has 4 aromatic rings. The summed E-state index contributed by atoms with van der Waals surface area (Å²) in [6, 6.07) is 5.72. The number of hydrogen-bond donors (Lipinski definition) is 1. The van der Waals surface area contributed by atoms with E-state index in [4.69, 9.17) is 14.5 Å². The molecule has 0 radical (unpaired) electrons. The van der Waals surface area contributed by atoms with E-state index in [2.05, 4.69) is 33.1 Å². The van der Waals surface area contributed by atoms with Crippen LogP contribution in [-0.2, 0) is 27.5 Å². The van der Waals surface area contributed by atoms with Crippen molar-refractivity contribution in [3.63, 3.8) is 0 Å². The zero-order valence-electron chi connectivity index (χ0n) is 25.7. The van der Waals surface area contributed by atoms with Crippen molar-refractivity contribution in [1.29, 1.82) is 0 Å². The second kappa shape index (κ2) is 11.8. The van der Waals surface area contributed by atoms with Crippen LogP contribution in [0.25, 0.3) is 32.9 Å². The number of aromatic hydroxyl groups is 1. The van der Waals surface area contributed by atoms with Gasteiger partial charge in [0.15, 0.2) is 5.82 Å². The van der Waals surface area contributed by atoms with Gasteiger partial charge in [-0.05, 0) is 60.3 Å². The Hall–Kier alpha value is -3.17. The van der Waals surface area contributed by atoms with Crippen molar-refractivity contribution >= 4 is 27.5 Å². The number of aromatic nitrogens is 3. The quantitative estimate of drug-likeness (QED) is 0.195. The minimum absolute atomic E-state index is 0. The van der Waals surface area contributed by atoms with Gasteiger partial charge in [0.1, 0.15) is 46.8 Å². The topological polar surface area (TPSA) is 83.8 Å². The predicted octanol–water partition coefficient (Wildman–Crippen LogP) is 6.16. The average Bonchev–Trinajstić information content (AvgIpc) is 3.49. The molecule has 46 heavy (non-hydrogen) atoms. The predicted molar refractivity (Wildman–Crippen MR) is 164 cm³/mol. The van der Waals surface area contributed by atoms with Gasteiger partial charge in [-0.25, -0.2) is 18.2 Å². The number of rotatable bonds is 5. The van der Waals surface area contributed by atoms with Crippen LogP contribution >= 0.6 is 0 Å². The molecule has 0 bridgehead atoms. The Bertz CT molecular complexity index is 1850. The summed E-state index contributed by atoms with van der Waals surface area (Å²) in [4.78, 5) is 18.3. The zero-order valence-corrected chi connectivity index (χ0v) is 27.7. The zero-order chi connectivity index (χ0) is 31.0. The largest absolute Gasteiger partial charge is 0.508 e. The number of piperidine rings is 1. The summed E-state index contributed by atoms with van der Waals surface area (Å²) in [5.41, 5.74) is 0.0663. The Morgan fingerprint density at radius 2 is 2.00 bits per heavy atom. The van der Waals surface area contributed by atoms with Crippen LogP contribution in [0.3, 0.4) is 0 Å². The molecule has 0 saturated carbocycles. The van der Waals surface area contributed by atoms with Crippen LogP contribution in [0.4, 0.5) is 19.0 Å². The fraction of sp³-hybridized carbons (Fsp3) is 0.471. The van der Waals surface area contributed by atoms with E-state index in [9.17, 15) is 9.50 Å². The summed E-state index contributed by atoms with van der Waals surface area (Å²) in [5.74, 6) is -0.269. The molecule has 2 aromatic carbocycles. The van der Waals surface area contributed by atoms with Gasteiger partial charge >= 0.3 is 6.01 Å². The first-order valence-corrected chi connectivity index (χ1v) is 15.9. The number of ether oxygens (including phenoxy) is 2. The van der Waals surface area contributed by atoms with E-state index in [1.807, 2.05) is 6.92 Å². The molecule has 2 aromatic heterocycles. The Morgan fingerprint density at radius 1 is 1.15 bits per heavy atom. The van der Waals surface area contributed by atoms with Crippen LogP contribution in [0.2, 0.25) is 0 Å². The number of alkyl halides is 1. The standard InChI is InChI=1S/C34H35F3N5O3.Mo/c1-3-23-25(36)6-5-19-12-22(43)13-24(26(19)23)29-28(37)30-27-31(42-10-7-18(2)11-21(42)16-44-32(27)38-29)40-33(39-30)45-17-34-8-4-9-41(34)15-20(35)14-34;/h5-6,11-13,18,20-21,43H,3-4,7-10,14-17H2,1-2H3;/q-1;/t18?,20-,21+,34+;/m1./s1. The monoisotopic (exact) mass is 716 g/mol. The molecule has 3 fully saturated rings. The first-order valence-electron chi connectivity index (χ1n) is 15.9. The van der Waals surface area contributed by atoms with Crippen LogP contribution in [-0.4, -0.2) is 75.6 Å². The van der Waals surface area contributed by atoms with Gasteiger partial charge in [0.25, 0.3) is 0 Å². The number of benzene rings is 2. The molecule has 4 aliphatic heterocycles. The van der Waals surface area contributed by atoms with E-state index in [0.717, 1.165) is 25.8 Å². The molecule has 8 rings (SSSR count). The molecule has 1 N–H and O–H groups in total. The minimum Gasteiger partial charge on any atom is -0.508 e. The van der Waals surface area contributed by atoms with E-state index < -0.39 is 23.3 Å².